The van der Waals surface area contributed by atoms with Crippen molar-refractivity contribution in [3.63, 3.8) is 0 Å². The van der Waals surface area contributed by atoms with Crippen LogP contribution in [0.15, 0.2) is 48.5 Å². The first kappa shape index (κ1) is 17.8. The standard InChI is InChI=1S/2C10H11NO2/c12-8-3-1-7(2-4-8)9-5-6-10(13)11-9;12-9-4-2-1-3-7(9)8-5-6-10(13)11-8/h1-4,9,12H,5-6H2,(H,11,13);1-4,8,12H,5-6H2,(H,11,13). The highest BCUT2D eigenvalue weighted by molar-refractivity contribution is 5.79. The summed E-state index contributed by atoms with van der Waals surface area (Å²) in [6.07, 6.45) is 2.78. The van der Waals surface area contributed by atoms with Crippen LogP contribution in [-0.4, -0.2) is 22.0 Å². The number of aromatic hydroxyl groups is 2. The van der Waals surface area contributed by atoms with E-state index in [-0.39, 0.29) is 35.4 Å². The van der Waals surface area contributed by atoms with Gasteiger partial charge in [-0.05, 0) is 36.6 Å². The molecule has 2 heterocycles. The van der Waals surface area contributed by atoms with E-state index >= 15 is 0 Å². The van der Waals surface area contributed by atoms with Crippen LogP contribution < -0.4 is 10.6 Å². The summed E-state index contributed by atoms with van der Waals surface area (Å²) < 4.78 is 0. The summed E-state index contributed by atoms with van der Waals surface area (Å²) in [6, 6.07) is 14.2. The molecule has 2 fully saturated rings. The van der Waals surface area contributed by atoms with E-state index in [1.807, 2.05) is 24.3 Å². The maximum Gasteiger partial charge on any atom is 0.220 e. The minimum absolute atomic E-state index is 0.00583. The molecule has 2 saturated heterocycles. The molecule has 26 heavy (non-hydrogen) atoms. The van der Waals surface area contributed by atoms with Gasteiger partial charge in [-0.1, -0.05) is 30.3 Å². The van der Waals surface area contributed by atoms with E-state index in [4.69, 9.17) is 5.11 Å². The third-order valence-electron chi connectivity index (χ3n) is 4.60. The lowest BCUT2D eigenvalue weighted by atomic mass is 10.0. The third kappa shape index (κ3) is 4.33. The second-order valence-corrected chi connectivity index (χ2v) is 6.47. The minimum atomic E-state index is -0.00583. The van der Waals surface area contributed by atoms with Gasteiger partial charge in [-0.15, -0.1) is 0 Å². The Morgan fingerprint density at radius 2 is 1.35 bits per heavy atom. The van der Waals surface area contributed by atoms with Crippen LogP contribution in [0.5, 0.6) is 11.5 Å². The number of benzene rings is 2. The number of amides is 2. The van der Waals surface area contributed by atoms with Crippen molar-refractivity contribution < 1.29 is 19.8 Å². The largest absolute Gasteiger partial charge is 0.508 e. The van der Waals surface area contributed by atoms with Crippen molar-refractivity contribution >= 4 is 11.8 Å². The fourth-order valence-corrected chi connectivity index (χ4v) is 3.20. The number of para-hydroxylation sites is 1. The van der Waals surface area contributed by atoms with Crippen LogP contribution in [-0.2, 0) is 9.59 Å². The van der Waals surface area contributed by atoms with Gasteiger partial charge in [0, 0.05) is 18.4 Å². The monoisotopic (exact) mass is 354 g/mol. The molecule has 136 valence electrons. The molecule has 0 bridgehead atoms. The van der Waals surface area contributed by atoms with Crippen LogP contribution in [0.25, 0.3) is 0 Å². The van der Waals surface area contributed by atoms with Gasteiger partial charge in [-0.2, -0.15) is 0 Å². The summed E-state index contributed by atoms with van der Waals surface area (Å²) in [5.41, 5.74) is 1.87. The minimum Gasteiger partial charge on any atom is -0.508 e. The van der Waals surface area contributed by atoms with E-state index in [0.717, 1.165) is 24.0 Å². The lowest BCUT2D eigenvalue weighted by Crippen LogP contribution is -2.18. The Bertz CT molecular complexity index is 789. The molecule has 0 saturated carbocycles. The fourth-order valence-electron chi connectivity index (χ4n) is 3.20. The van der Waals surface area contributed by atoms with Gasteiger partial charge < -0.3 is 20.8 Å². The highest BCUT2D eigenvalue weighted by atomic mass is 16.3. The van der Waals surface area contributed by atoms with Crippen LogP contribution >= 0.6 is 0 Å². The van der Waals surface area contributed by atoms with Gasteiger partial charge in [-0.3, -0.25) is 9.59 Å². The molecule has 6 nitrogen and oxygen atoms in total. The van der Waals surface area contributed by atoms with E-state index in [9.17, 15) is 14.7 Å². The molecule has 2 unspecified atom stereocenters. The molecule has 2 aliphatic heterocycles. The average Bonchev–Trinajstić information content (AvgIpc) is 3.25. The van der Waals surface area contributed by atoms with Crippen molar-refractivity contribution in [3.8, 4) is 11.5 Å². The van der Waals surface area contributed by atoms with Crippen LogP contribution in [0, 0.1) is 0 Å². The maximum absolute atomic E-state index is 10.9. The third-order valence-corrected chi connectivity index (χ3v) is 4.60. The molecule has 2 atom stereocenters. The van der Waals surface area contributed by atoms with Gasteiger partial charge in [0.2, 0.25) is 11.8 Å². The predicted octanol–water partition coefficient (Wildman–Crippen LogP) is 2.69. The number of hydrogen-bond acceptors (Lipinski definition) is 4. The SMILES string of the molecule is O=C1CCC(c2ccc(O)cc2)N1.O=C1CCC(c2ccccc2O)N1. The highest BCUT2D eigenvalue weighted by Crippen LogP contribution is 2.29. The lowest BCUT2D eigenvalue weighted by Gasteiger charge is -2.11. The number of phenolic OH excluding ortho intramolecular Hbond substituents is 2. The van der Waals surface area contributed by atoms with Gasteiger partial charge >= 0.3 is 0 Å². The van der Waals surface area contributed by atoms with Crippen molar-refractivity contribution in [3.05, 3.63) is 59.7 Å². The number of carbonyl (C=O) groups is 2. The summed E-state index contributed by atoms with van der Waals surface area (Å²) in [6.45, 7) is 0. The number of phenols is 2. The average molecular weight is 354 g/mol. The summed E-state index contributed by atoms with van der Waals surface area (Å²) >= 11 is 0. The van der Waals surface area contributed by atoms with Crippen LogP contribution in [0.2, 0.25) is 0 Å². The topological polar surface area (TPSA) is 98.7 Å². The molecule has 2 aliphatic rings. The molecule has 2 aromatic rings. The van der Waals surface area contributed by atoms with Gasteiger partial charge in [0.25, 0.3) is 0 Å². The number of hydrogen-bond donors (Lipinski definition) is 4. The Labute approximate surface area is 151 Å². The molecule has 4 rings (SSSR count). The van der Waals surface area contributed by atoms with Crippen molar-refractivity contribution in [2.45, 2.75) is 37.8 Å². The zero-order chi connectivity index (χ0) is 18.5. The van der Waals surface area contributed by atoms with Gasteiger partial charge in [-0.25, -0.2) is 0 Å². The summed E-state index contributed by atoms with van der Waals surface area (Å²) in [4.78, 5) is 21.9. The van der Waals surface area contributed by atoms with Gasteiger partial charge in [0.15, 0.2) is 0 Å². The van der Waals surface area contributed by atoms with E-state index in [2.05, 4.69) is 10.6 Å². The van der Waals surface area contributed by atoms with E-state index in [1.165, 1.54) is 0 Å². The summed E-state index contributed by atoms with van der Waals surface area (Å²) in [7, 11) is 0. The molecule has 0 aliphatic carbocycles. The summed E-state index contributed by atoms with van der Waals surface area (Å²) in [5.74, 6) is 0.689. The van der Waals surface area contributed by atoms with Gasteiger partial charge in [0.05, 0.1) is 12.1 Å². The van der Waals surface area contributed by atoms with E-state index < -0.39 is 0 Å². The Morgan fingerprint density at radius 1 is 0.769 bits per heavy atom. The predicted molar refractivity (Wildman–Crippen MR) is 96.4 cm³/mol. The Hall–Kier alpha value is -3.02. The molecule has 2 amide bonds. The molecular formula is C20H22N2O4. The van der Waals surface area contributed by atoms with E-state index in [1.54, 1.807) is 24.3 Å². The number of carbonyl (C=O) groups excluding carboxylic acids is 2. The highest BCUT2D eigenvalue weighted by Gasteiger charge is 2.24. The van der Waals surface area contributed by atoms with Crippen molar-refractivity contribution in [2.75, 3.05) is 0 Å². The second-order valence-electron chi connectivity index (χ2n) is 6.47. The summed E-state index contributed by atoms with van der Waals surface area (Å²) in [5, 5.41) is 24.3. The van der Waals surface area contributed by atoms with Crippen LogP contribution in [0.3, 0.4) is 0 Å². The maximum atomic E-state index is 10.9. The fraction of sp³-hybridized carbons (Fsp3) is 0.300. The van der Waals surface area contributed by atoms with Crippen molar-refractivity contribution in [2.24, 2.45) is 0 Å². The Kier molecular flexibility index (Phi) is 5.41. The molecule has 4 N–H and O–H groups in total. The molecule has 0 radical (unpaired) electrons. The zero-order valence-electron chi connectivity index (χ0n) is 14.3. The van der Waals surface area contributed by atoms with Crippen molar-refractivity contribution in [1.82, 2.24) is 10.6 Å². The number of nitrogens with one attached hydrogen (secondary N) is 2. The Morgan fingerprint density at radius 3 is 1.88 bits per heavy atom. The number of rotatable bonds is 2. The molecule has 6 heteroatoms. The molecule has 0 aromatic heterocycles. The first-order valence-corrected chi connectivity index (χ1v) is 8.68. The lowest BCUT2D eigenvalue weighted by molar-refractivity contribution is -0.120. The second kappa shape index (κ2) is 7.91. The van der Waals surface area contributed by atoms with Crippen molar-refractivity contribution in [1.29, 1.82) is 0 Å². The smallest absolute Gasteiger partial charge is 0.220 e. The molecule has 0 spiro atoms. The Balaban J connectivity index is 0.000000151. The zero-order valence-corrected chi connectivity index (χ0v) is 14.3. The quantitative estimate of drug-likeness (QED) is 0.666. The van der Waals surface area contributed by atoms with Crippen LogP contribution in [0.4, 0.5) is 0 Å². The van der Waals surface area contributed by atoms with Crippen LogP contribution in [0.1, 0.15) is 48.9 Å². The molecular weight excluding hydrogens is 332 g/mol. The van der Waals surface area contributed by atoms with E-state index in [0.29, 0.717) is 12.8 Å². The first-order valence-electron chi connectivity index (χ1n) is 8.68. The molecule has 2 aromatic carbocycles. The normalized spacial score (nSPS) is 21.5. The first-order chi connectivity index (χ1) is 12.5. The van der Waals surface area contributed by atoms with Gasteiger partial charge in [0.1, 0.15) is 11.5 Å².